The Labute approximate surface area is 203 Å². The Balaban J connectivity index is 1.56. The molecule has 0 fully saturated rings. The second kappa shape index (κ2) is 11.1. The van der Waals surface area contributed by atoms with Gasteiger partial charge in [0.2, 0.25) is 5.91 Å². The van der Waals surface area contributed by atoms with E-state index in [0.717, 1.165) is 46.7 Å². The number of para-hydroxylation sites is 1. The third kappa shape index (κ3) is 5.34. The zero-order chi connectivity index (χ0) is 23.9. The van der Waals surface area contributed by atoms with Crippen LogP contribution in [0.5, 0.6) is 5.75 Å². The lowest BCUT2D eigenvalue weighted by molar-refractivity contribution is -0.113. The summed E-state index contributed by atoms with van der Waals surface area (Å²) in [4.78, 5) is 12.9. The first-order valence-corrected chi connectivity index (χ1v) is 12.2. The van der Waals surface area contributed by atoms with E-state index in [-0.39, 0.29) is 11.7 Å². The highest BCUT2D eigenvalue weighted by molar-refractivity contribution is 7.99. The monoisotopic (exact) mass is 476 g/mol. The molecule has 0 spiro atoms. The molecule has 0 radical (unpaired) electrons. The van der Waals surface area contributed by atoms with Crippen LogP contribution < -0.4 is 10.1 Å². The van der Waals surface area contributed by atoms with E-state index in [0.29, 0.717) is 17.5 Å². The Morgan fingerprint density at radius 2 is 1.82 bits per heavy atom. The minimum atomic E-state index is -0.0731. The summed E-state index contributed by atoms with van der Waals surface area (Å²) in [5.41, 5.74) is 4.07. The zero-order valence-corrected chi connectivity index (χ0v) is 20.4. The summed E-state index contributed by atoms with van der Waals surface area (Å²) in [6.07, 6.45) is 3.36. The van der Waals surface area contributed by atoms with E-state index >= 15 is 0 Å². The highest BCUT2D eigenvalue weighted by Gasteiger charge is 2.18. The quantitative estimate of drug-likeness (QED) is 0.307. The van der Waals surface area contributed by atoms with Gasteiger partial charge in [0.05, 0.1) is 25.7 Å². The number of anilines is 1. The van der Waals surface area contributed by atoms with Crippen LogP contribution in [0.1, 0.15) is 30.7 Å². The number of hydrogen-bond acceptors (Lipinski definition) is 6. The van der Waals surface area contributed by atoms with E-state index in [1.807, 2.05) is 47.0 Å². The Morgan fingerprint density at radius 3 is 2.50 bits per heavy atom. The van der Waals surface area contributed by atoms with Gasteiger partial charge in [-0.3, -0.25) is 9.36 Å². The van der Waals surface area contributed by atoms with Crippen LogP contribution in [0.2, 0.25) is 0 Å². The molecule has 1 N–H and O–H groups in total. The van der Waals surface area contributed by atoms with Crippen molar-refractivity contribution in [2.24, 2.45) is 0 Å². The summed E-state index contributed by atoms with van der Waals surface area (Å²) in [5.74, 6) is 2.34. The average Bonchev–Trinajstić information content (AvgIpc) is 3.53. The van der Waals surface area contributed by atoms with Gasteiger partial charge in [-0.25, -0.2) is 0 Å². The summed E-state index contributed by atoms with van der Waals surface area (Å²) < 4.78 is 12.9. The molecule has 0 aliphatic heterocycles. The van der Waals surface area contributed by atoms with Gasteiger partial charge < -0.3 is 14.5 Å². The Bertz CT molecular complexity index is 1230. The minimum Gasteiger partial charge on any atom is -0.497 e. The van der Waals surface area contributed by atoms with Gasteiger partial charge in [-0.05, 0) is 48.2 Å². The smallest absolute Gasteiger partial charge is 0.234 e. The molecule has 0 aliphatic carbocycles. The van der Waals surface area contributed by atoms with Gasteiger partial charge >= 0.3 is 0 Å². The number of ether oxygens (including phenoxy) is 1. The van der Waals surface area contributed by atoms with E-state index < -0.39 is 0 Å². The maximum absolute atomic E-state index is 12.9. The number of thioether (sulfide) groups is 1. The molecular formula is C26H28N4O3S. The number of carbonyl (C=O) groups excluding carboxylic acids is 1. The minimum absolute atomic E-state index is 0.0731. The molecule has 0 bridgehead atoms. The molecule has 2 aromatic heterocycles. The molecule has 4 rings (SSSR count). The normalized spacial score (nSPS) is 10.9. The van der Waals surface area contributed by atoms with Crippen molar-refractivity contribution < 1.29 is 13.9 Å². The van der Waals surface area contributed by atoms with Crippen molar-refractivity contribution in [1.29, 1.82) is 0 Å². The topological polar surface area (TPSA) is 82.2 Å². The SMILES string of the molecule is CCc1cccc(CC)c1NC(=O)CSc1nnc(-c2cccc(OC)c2)n1Cc1ccco1. The lowest BCUT2D eigenvalue weighted by atomic mass is 10.0. The van der Waals surface area contributed by atoms with E-state index in [1.165, 1.54) is 11.8 Å². The summed E-state index contributed by atoms with van der Waals surface area (Å²) in [6.45, 7) is 4.64. The number of furan rings is 1. The number of rotatable bonds is 10. The first-order valence-electron chi connectivity index (χ1n) is 11.3. The van der Waals surface area contributed by atoms with Crippen LogP contribution in [-0.2, 0) is 24.2 Å². The first-order chi connectivity index (χ1) is 16.6. The molecular weight excluding hydrogens is 448 g/mol. The number of amides is 1. The Kier molecular flexibility index (Phi) is 7.69. The number of aryl methyl sites for hydroxylation is 2. The zero-order valence-electron chi connectivity index (χ0n) is 19.6. The van der Waals surface area contributed by atoms with Gasteiger partial charge in [0, 0.05) is 11.3 Å². The van der Waals surface area contributed by atoms with Crippen LogP contribution in [0, 0.1) is 0 Å². The van der Waals surface area contributed by atoms with Crippen molar-refractivity contribution >= 4 is 23.4 Å². The standard InChI is InChI=1S/C26H28N4O3S/c1-4-18-9-6-10-19(5-2)24(18)27-23(31)17-34-26-29-28-25(20-11-7-12-21(15-20)32-3)30(26)16-22-13-8-14-33-22/h6-15H,4-5,16-17H2,1-3H3,(H,27,31). The molecule has 2 heterocycles. The first kappa shape index (κ1) is 23.6. The molecule has 1 amide bonds. The van der Waals surface area contributed by atoms with Crippen LogP contribution in [-0.4, -0.2) is 33.5 Å². The van der Waals surface area contributed by atoms with Crippen molar-refractivity contribution in [2.45, 2.75) is 38.4 Å². The number of hydrogen-bond donors (Lipinski definition) is 1. The fraction of sp³-hybridized carbons (Fsp3) is 0.269. The van der Waals surface area contributed by atoms with Crippen LogP contribution in [0.15, 0.2) is 70.4 Å². The lowest BCUT2D eigenvalue weighted by Crippen LogP contribution is -2.17. The van der Waals surface area contributed by atoms with E-state index in [4.69, 9.17) is 9.15 Å². The van der Waals surface area contributed by atoms with Gasteiger partial charge in [-0.2, -0.15) is 0 Å². The molecule has 7 nitrogen and oxygen atoms in total. The largest absolute Gasteiger partial charge is 0.497 e. The van der Waals surface area contributed by atoms with Crippen molar-refractivity contribution in [1.82, 2.24) is 14.8 Å². The Morgan fingerprint density at radius 1 is 1.06 bits per heavy atom. The van der Waals surface area contributed by atoms with Gasteiger partial charge in [-0.15, -0.1) is 10.2 Å². The number of methoxy groups -OCH3 is 1. The number of nitrogens with one attached hydrogen (secondary N) is 1. The van der Waals surface area contributed by atoms with Gasteiger partial charge in [-0.1, -0.05) is 55.9 Å². The number of nitrogens with zero attached hydrogens (tertiary/aromatic N) is 3. The fourth-order valence-electron chi connectivity index (χ4n) is 3.78. The summed E-state index contributed by atoms with van der Waals surface area (Å²) in [5, 5.41) is 12.6. The molecule has 0 saturated heterocycles. The molecule has 0 saturated carbocycles. The summed E-state index contributed by atoms with van der Waals surface area (Å²) >= 11 is 1.35. The van der Waals surface area contributed by atoms with Crippen molar-refractivity contribution in [3.63, 3.8) is 0 Å². The van der Waals surface area contributed by atoms with E-state index in [1.54, 1.807) is 13.4 Å². The molecule has 2 aromatic carbocycles. The number of aromatic nitrogens is 3. The van der Waals surface area contributed by atoms with Crippen molar-refractivity contribution in [3.8, 4) is 17.1 Å². The van der Waals surface area contributed by atoms with Crippen LogP contribution in [0.3, 0.4) is 0 Å². The summed E-state index contributed by atoms with van der Waals surface area (Å²) in [6, 6.07) is 17.6. The molecule has 0 atom stereocenters. The van der Waals surface area contributed by atoms with Crippen LogP contribution in [0.25, 0.3) is 11.4 Å². The third-order valence-electron chi connectivity index (χ3n) is 5.53. The second-order valence-electron chi connectivity index (χ2n) is 7.70. The third-order valence-corrected chi connectivity index (χ3v) is 6.50. The molecule has 0 aliphatic rings. The van der Waals surface area contributed by atoms with Crippen LogP contribution in [0.4, 0.5) is 5.69 Å². The maximum Gasteiger partial charge on any atom is 0.234 e. The molecule has 4 aromatic rings. The summed E-state index contributed by atoms with van der Waals surface area (Å²) in [7, 11) is 1.63. The average molecular weight is 477 g/mol. The lowest BCUT2D eigenvalue weighted by Gasteiger charge is -2.14. The van der Waals surface area contributed by atoms with E-state index in [2.05, 4.69) is 41.5 Å². The van der Waals surface area contributed by atoms with Gasteiger partial charge in [0.1, 0.15) is 11.5 Å². The van der Waals surface area contributed by atoms with Crippen molar-refractivity contribution in [2.75, 3.05) is 18.2 Å². The number of carbonyl (C=O) groups is 1. The molecule has 8 heteroatoms. The van der Waals surface area contributed by atoms with Crippen LogP contribution >= 0.6 is 11.8 Å². The molecule has 34 heavy (non-hydrogen) atoms. The molecule has 176 valence electrons. The fourth-order valence-corrected chi connectivity index (χ4v) is 4.52. The number of benzene rings is 2. The van der Waals surface area contributed by atoms with Gasteiger partial charge in [0.15, 0.2) is 11.0 Å². The second-order valence-corrected chi connectivity index (χ2v) is 8.64. The molecule has 0 unspecified atom stereocenters. The predicted molar refractivity (Wildman–Crippen MR) is 134 cm³/mol. The highest BCUT2D eigenvalue weighted by Crippen LogP contribution is 2.28. The Hall–Kier alpha value is -3.52. The predicted octanol–water partition coefficient (Wildman–Crippen LogP) is 5.45. The maximum atomic E-state index is 12.9. The van der Waals surface area contributed by atoms with Gasteiger partial charge in [0.25, 0.3) is 0 Å². The van der Waals surface area contributed by atoms with E-state index in [9.17, 15) is 4.79 Å². The van der Waals surface area contributed by atoms with Crippen molar-refractivity contribution in [3.05, 3.63) is 77.7 Å². The highest BCUT2D eigenvalue weighted by atomic mass is 32.2.